The number of hydrogen-bond acceptors (Lipinski definition) is 1. The lowest BCUT2D eigenvalue weighted by Gasteiger charge is -2.35. The molecule has 1 aliphatic heterocycles. The molecule has 0 spiro atoms. The van der Waals surface area contributed by atoms with Crippen LogP contribution in [0.1, 0.15) is 0 Å². The molecule has 0 fully saturated rings. The fourth-order valence-electron chi connectivity index (χ4n) is 4.29. The van der Waals surface area contributed by atoms with Crippen LogP contribution >= 0.6 is 0 Å². The number of fused-ring (bicyclic) bond motifs is 3. The Morgan fingerprint density at radius 2 is 1.54 bits per heavy atom. The van der Waals surface area contributed by atoms with Gasteiger partial charge in [0.05, 0.1) is 13.2 Å². The Kier molecular flexibility index (Phi) is 2.62. The number of aromatic nitrogens is 4. The second-order valence-corrected chi connectivity index (χ2v) is 6.46. The van der Waals surface area contributed by atoms with Gasteiger partial charge in [0, 0.05) is 6.20 Å². The fraction of sp³-hybridized carbons (Fsp3) is 0.0526. The van der Waals surface area contributed by atoms with Crippen molar-refractivity contribution >= 4 is 17.3 Å². The van der Waals surface area contributed by atoms with Gasteiger partial charge in [0.25, 0.3) is 0 Å². The van der Waals surface area contributed by atoms with Crippen molar-refractivity contribution in [2.24, 2.45) is 7.05 Å². The van der Waals surface area contributed by atoms with Crippen LogP contribution in [-0.2, 0) is 7.05 Å². The normalized spacial score (nSPS) is 14.4. The molecule has 2 aromatic carbocycles. The molecule has 1 aliphatic rings. The standard InChI is InChI=1S/C19H17BN4/c1-22-13-14-23(15-22)20(24-12-6-11-21-24)18-9-4-2-7-16(18)17-8-3-5-10-19(17)20/h2-15H,1H3. The van der Waals surface area contributed by atoms with Gasteiger partial charge in [-0.05, 0) is 12.3 Å². The molecule has 24 heavy (non-hydrogen) atoms. The highest BCUT2D eigenvalue weighted by Crippen LogP contribution is 2.26. The summed E-state index contributed by atoms with van der Waals surface area (Å²) in [7, 11) is 2.05. The lowest BCUT2D eigenvalue weighted by Crippen LogP contribution is -2.81. The molecule has 0 radical (unpaired) electrons. The molecule has 5 rings (SSSR count). The van der Waals surface area contributed by atoms with E-state index in [9.17, 15) is 0 Å². The van der Waals surface area contributed by atoms with E-state index in [4.69, 9.17) is 0 Å². The van der Waals surface area contributed by atoms with Gasteiger partial charge >= 0.3 is 6.42 Å². The van der Waals surface area contributed by atoms with E-state index in [0.29, 0.717) is 0 Å². The lowest BCUT2D eigenvalue weighted by atomic mass is 9.39. The van der Waals surface area contributed by atoms with Gasteiger partial charge in [0.2, 0.25) is 0 Å². The summed E-state index contributed by atoms with van der Waals surface area (Å²) < 4.78 is 6.50. The van der Waals surface area contributed by atoms with Crippen molar-refractivity contribution in [2.75, 3.05) is 0 Å². The Bertz CT molecular complexity index is 987. The number of hydrogen-bond donors (Lipinski definition) is 0. The molecule has 0 atom stereocenters. The van der Waals surface area contributed by atoms with Crippen molar-refractivity contribution < 1.29 is 4.48 Å². The molecule has 0 bridgehead atoms. The highest BCUT2D eigenvalue weighted by molar-refractivity contribution is 6.98. The molecule has 0 saturated carbocycles. The van der Waals surface area contributed by atoms with Crippen molar-refractivity contribution in [1.82, 2.24) is 14.3 Å². The number of nitrogens with zero attached hydrogens (tertiary/aromatic N) is 4. The van der Waals surface area contributed by atoms with Gasteiger partial charge in [-0.2, -0.15) is 0 Å². The zero-order valence-corrected chi connectivity index (χ0v) is 13.4. The van der Waals surface area contributed by atoms with E-state index in [-0.39, 0.29) is 0 Å². The van der Waals surface area contributed by atoms with Crippen LogP contribution in [-0.4, -0.2) is 20.7 Å². The predicted octanol–water partition coefficient (Wildman–Crippen LogP) is 1.14. The molecule has 2 aromatic heterocycles. The first kappa shape index (κ1) is 13.4. The van der Waals surface area contributed by atoms with Crippen LogP contribution in [0, 0.1) is 0 Å². The third-order valence-electron chi connectivity index (χ3n) is 5.21. The Balaban J connectivity index is 1.98. The second kappa shape index (κ2) is 4.71. The summed E-state index contributed by atoms with van der Waals surface area (Å²) in [5.74, 6) is 0. The first-order valence-electron chi connectivity index (χ1n) is 8.19. The maximum atomic E-state index is 4.67. The molecule has 4 aromatic rings. The Hall–Kier alpha value is -3.08. The summed E-state index contributed by atoms with van der Waals surface area (Å²) in [5, 5.41) is 4.67. The van der Waals surface area contributed by atoms with Crippen LogP contribution < -0.4 is 15.4 Å². The van der Waals surface area contributed by atoms with Crippen molar-refractivity contribution in [1.29, 1.82) is 0 Å². The smallest absolute Gasteiger partial charge is 0.360 e. The van der Waals surface area contributed by atoms with E-state index in [2.05, 4.69) is 99.2 Å². The first-order valence-corrected chi connectivity index (χ1v) is 8.19. The molecule has 116 valence electrons. The summed E-state index contributed by atoms with van der Waals surface area (Å²) in [6.07, 6.45) is 8.91. The number of aryl methyl sites for hydroxylation is 1. The molecule has 0 N–H and O–H groups in total. The first-order chi connectivity index (χ1) is 11.8. The monoisotopic (exact) mass is 312 g/mol. The lowest BCUT2D eigenvalue weighted by molar-refractivity contribution is -0.544. The van der Waals surface area contributed by atoms with Gasteiger partial charge in [-0.15, -0.1) is 10.9 Å². The van der Waals surface area contributed by atoms with E-state index in [1.807, 2.05) is 12.3 Å². The Labute approximate surface area is 140 Å². The number of benzene rings is 2. The van der Waals surface area contributed by atoms with Gasteiger partial charge in [-0.1, -0.05) is 59.7 Å². The van der Waals surface area contributed by atoms with E-state index in [1.54, 1.807) is 0 Å². The summed E-state index contributed by atoms with van der Waals surface area (Å²) in [5.41, 5.74) is 5.19. The van der Waals surface area contributed by atoms with E-state index in [1.165, 1.54) is 22.1 Å². The van der Waals surface area contributed by atoms with Gasteiger partial charge in [-0.25, -0.2) is 9.67 Å². The maximum absolute atomic E-state index is 4.67. The Morgan fingerprint density at radius 3 is 2.08 bits per heavy atom. The van der Waals surface area contributed by atoms with Crippen LogP contribution in [0.4, 0.5) is 0 Å². The van der Waals surface area contributed by atoms with Crippen molar-refractivity contribution in [3.05, 3.63) is 85.7 Å². The molecular formula is C19H17BN4. The fourth-order valence-corrected chi connectivity index (χ4v) is 4.29. The molecule has 4 nitrogen and oxygen atoms in total. The number of imidazole rings is 1. The molecule has 0 amide bonds. The van der Waals surface area contributed by atoms with Crippen molar-refractivity contribution in [3.8, 4) is 11.1 Å². The Morgan fingerprint density at radius 1 is 0.875 bits per heavy atom. The third-order valence-corrected chi connectivity index (χ3v) is 5.21. The summed E-state index contributed by atoms with van der Waals surface area (Å²) in [6.45, 7) is 0. The molecule has 5 heteroatoms. The predicted molar refractivity (Wildman–Crippen MR) is 95.5 cm³/mol. The third kappa shape index (κ3) is 1.54. The van der Waals surface area contributed by atoms with Crippen LogP contribution in [0.3, 0.4) is 0 Å². The molecule has 3 heterocycles. The average molecular weight is 312 g/mol. The molecule has 0 saturated heterocycles. The highest BCUT2D eigenvalue weighted by Gasteiger charge is 2.46. The van der Waals surface area contributed by atoms with Crippen molar-refractivity contribution in [2.45, 2.75) is 0 Å². The summed E-state index contributed by atoms with van der Waals surface area (Å²) >= 11 is 0. The largest absolute Gasteiger partial charge is 0.406 e. The van der Waals surface area contributed by atoms with E-state index >= 15 is 0 Å². The van der Waals surface area contributed by atoms with Crippen molar-refractivity contribution in [3.63, 3.8) is 0 Å². The topological polar surface area (TPSA) is 26.6 Å². The summed E-state index contributed by atoms with van der Waals surface area (Å²) in [6, 6.07) is 19.4. The minimum absolute atomic E-state index is 1.29. The summed E-state index contributed by atoms with van der Waals surface area (Å²) in [4.78, 5) is 0. The van der Waals surface area contributed by atoms with Crippen LogP contribution in [0.5, 0.6) is 0 Å². The zero-order valence-electron chi connectivity index (χ0n) is 13.4. The highest BCUT2D eigenvalue weighted by atomic mass is 15.3. The average Bonchev–Trinajstić information content (AvgIpc) is 3.33. The quantitative estimate of drug-likeness (QED) is 0.449. The van der Waals surface area contributed by atoms with Crippen LogP contribution in [0.15, 0.2) is 85.7 Å². The molecule has 0 aliphatic carbocycles. The van der Waals surface area contributed by atoms with Gasteiger partial charge < -0.3 is 9.07 Å². The zero-order chi connectivity index (χ0) is 16.1. The van der Waals surface area contributed by atoms with Crippen LogP contribution in [0.2, 0.25) is 0 Å². The number of rotatable bonds is 2. The molecular weight excluding hydrogens is 295 g/mol. The van der Waals surface area contributed by atoms with Gasteiger partial charge in [0.15, 0.2) is 6.33 Å². The van der Waals surface area contributed by atoms with E-state index < -0.39 is 6.42 Å². The second-order valence-electron chi connectivity index (χ2n) is 6.46. The maximum Gasteiger partial charge on any atom is 0.360 e. The minimum atomic E-state index is -1.38. The van der Waals surface area contributed by atoms with Crippen LogP contribution in [0.25, 0.3) is 11.1 Å². The van der Waals surface area contributed by atoms with Gasteiger partial charge in [0.1, 0.15) is 6.20 Å². The molecule has 0 unspecified atom stereocenters. The van der Waals surface area contributed by atoms with Gasteiger partial charge in [-0.3, -0.25) is 0 Å². The SMILES string of the molecule is Cn1cc[n+]([B-]2(n3cccn3)c3ccccc3-c3ccccc32)c1. The minimum Gasteiger partial charge on any atom is -0.406 e. The van der Waals surface area contributed by atoms with E-state index in [0.717, 1.165) is 0 Å².